The third-order valence-electron chi connectivity index (χ3n) is 2.86. The highest BCUT2D eigenvalue weighted by molar-refractivity contribution is 5.84. The Kier molecular flexibility index (Phi) is 4.54. The standard InChI is InChI=1S/C11H22N2O2/c1-5-9-11(14)13(6-7-15-4)10(12-9)8(2)3/h8-10,12H,5-7H2,1-4H3. The summed E-state index contributed by atoms with van der Waals surface area (Å²) in [5.74, 6) is 0.649. The molecule has 0 bridgehead atoms. The number of amides is 1. The summed E-state index contributed by atoms with van der Waals surface area (Å²) in [6.07, 6.45) is 1.02. The van der Waals surface area contributed by atoms with E-state index in [2.05, 4.69) is 19.2 Å². The van der Waals surface area contributed by atoms with Crippen LogP contribution in [0.4, 0.5) is 0 Å². The van der Waals surface area contributed by atoms with Crippen LogP contribution in [-0.2, 0) is 9.53 Å². The number of ether oxygens (including phenoxy) is 1. The second-order valence-corrected chi connectivity index (χ2v) is 4.34. The highest BCUT2D eigenvalue weighted by Gasteiger charge is 2.38. The van der Waals surface area contributed by atoms with E-state index >= 15 is 0 Å². The van der Waals surface area contributed by atoms with Crippen LogP contribution in [-0.4, -0.2) is 43.3 Å². The Morgan fingerprint density at radius 2 is 2.20 bits per heavy atom. The highest BCUT2D eigenvalue weighted by Crippen LogP contribution is 2.18. The monoisotopic (exact) mass is 214 g/mol. The summed E-state index contributed by atoms with van der Waals surface area (Å²) in [4.78, 5) is 13.9. The number of carbonyl (C=O) groups excluding carboxylic acids is 1. The average molecular weight is 214 g/mol. The Balaban J connectivity index is 2.65. The normalized spacial score (nSPS) is 26.7. The molecular formula is C11H22N2O2. The molecule has 15 heavy (non-hydrogen) atoms. The Morgan fingerprint density at radius 1 is 1.53 bits per heavy atom. The van der Waals surface area contributed by atoms with Crippen molar-refractivity contribution in [3.8, 4) is 0 Å². The van der Waals surface area contributed by atoms with Crippen molar-refractivity contribution in [3.63, 3.8) is 0 Å². The molecule has 1 N–H and O–H groups in total. The van der Waals surface area contributed by atoms with Crippen LogP contribution in [0, 0.1) is 5.92 Å². The maximum Gasteiger partial charge on any atom is 0.241 e. The van der Waals surface area contributed by atoms with Crippen molar-refractivity contribution in [3.05, 3.63) is 0 Å². The number of carbonyl (C=O) groups is 1. The number of hydrogen-bond acceptors (Lipinski definition) is 3. The third-order valence-corrected chi connectivity index (χ3v) is 2.86. The Morgan fingerprint density at radius 3 is 2.67 bits per heavy atom. The molecule has 1 fully saturated rings. The summed E-state index contributed by atoms with van der Waals surface area (Å²) in [5, 5.41) is 3.37. The van der Waals surface area contributed by atoms with Gasteiger partial charge in [-0.1, -0.05) is 20.8 Å². The molecule has 0 aromatic heterocycles. The van der Waals surface area contributed by atoms with E-state index in [1.54, 1.807) is 7.11 Å². The fourth-order valence-corrected chi connectivity index (χ4v) is 1.99. The van der Waals surface area contributed by atoms with Gasteiger partial charge in [0.25, 0.3) is 0 Å². The van der Waals surface area contributed by atoms with E-state index in [9.17, 15) is 4.79 Å². The maximum absolute atomic E-state index is 12.0. The van der Waals surface area contributed by atoms with Crippen LogP contribution in [0.3, 0.4) is 0 Å². The van der Waals surface area contributed by atoms with Crippen LogP contribution >= 0.6 is 0 Å². The van der Waals surface area contributed by atoms with Crippen LogP contribution in [0.1, 0.15) is 27.2 Å². The van der Waals surface area contributed by atoms with Crippen LogP contribution < -0.4 is 5.32 Å². The smallest absolute Gasteiger partial charge is 0.241 e. The molecule has 4 nitrogen and oxygen atoms in total. The summed E-state index contributed by atoms with van der Waals surface area (Å²) < 4.78 is 5.03. The van der Waals surface area contributed by atoms with E-state index in [0.717, 1.165) is 6.42 Å². The molecule has 0 saturated carbocycles. The van der Waals surface area contributed by atoms with Gasteiger partial charge in [0.1, 0.15) is 0 Å². The number of methoxy groups -OCH3 is 1. The molecule has 2 unspecified atom stereocenters. The van der Waals surface area contributed by atoms with Gasteiger partial charge in [0.15, 0.2) is 0 Å². The molecule has 0 aliphatic carbocycles. The van der Waals surface area contributed by atoms with Crippen LogP contribution in [0.25, 0.3) is 0 Å². The first-order valence-corrected chi connectivity index (χ1v) is 5.67. The maximum atomic E-state index is 12.0. The van der Waals surface area contributed by atoms with Gasteiger partial charge in [0.2, 0.25) is 5.91 Å². The molecule has 4 heteroatoms. The van der Waals surface area contributed by atoms with E-state index in [-0.39, 0.29) is 18.1 Å². The SMILES string of the molecule is CCC1NC(C(C)C)N(CCOC)C1=O. The lowest BCUT2D eigenvalue weighted by Gasteiger charge is -2.26. The van der Waals surface area contributed by atoms with Crippen molar-refractivity contribution in [1.29, 1.82) is 0 Å². The van der Waals surface area contributed by atoms with Gasteiger partial charge in [-0.2, -0.15) is 0 Å². The lowest BCUT2D eigenvalue weighted by Crippen LogP contribution is -2.42. The lowest BCUT2D eigenvalue weighted by atomic mass is 10.1. The zero-order valence-corrected chi connectivity index (χ0v) is 10.1. The molecule has 1 aliphatic heterocycles. The molecule has 0 aromatic rings. The topological polar surface area (TPSA) is 41.6 Å². The lowest BCUT2D eigenvalue weighted by molar-refractivity contribution is -0.131. The largest absolute Gasteiger partial charge is 0.383 e. The number of nitrogens with one attached hydrogen (secondary N) is 1. The highest BCUT2D eigenvalue weighted by atomic mass is 16.5. The van der Waals surface area contributed by atoms with E-state index in [0.29, 0.717) is 19.1 Å². The van der Waals surface area contributed by atoms with Crippen molar-refractivity contribution in [2.75, 3.05) is 20.3 Å². The number of hydrogen-bond donors (Lipinski definition) is 1. The van der Waals surface area contributed by atoms with Crippen LogP contribution in [0.2, 0.25) is 0 Å². The van der Waals surface area contributed by atoms with Gasteiger partial charge in [-0.3, -0.25) is 10.1 Å². The number of nitrogens with zero attached hydrogens (tertiary/aromatic N) is 1. The quantitative estimate of drug-likeness (QED) is 0.737. The zero-order chi connectivity index (χ0) is 11.4. The minimum absolute atomic E-state index is 0.00532. The van der Waals surface area contributed by atoms with Gasteiger partial charge in [-0.15, -0.1) is 0 Å². The van der Waals surface area contributed by atoms with E-state index in [1.807, 2.05) is 11.8 Å². The summed E-state index contributed by atoms with van der Waals surface area (Å²) in [7, 11) is 1.66. The van der Waals surface area contributed by atoms with Gasteiger partial charge in [-0.05, 0) is 12.3 Å². The predicted molar refractivity (Wildman–Crippen MR) is 59.4 cm³/mol. The Labute approximate surface area is 92.0 Å². The minimum Gasteiger partial charge on any atom is -0.383 e. The second kappa shape index (κ2) is 5.47. The minimum atomic E-state index is -0.00532. The van der Waals surface area contributed by atoms with Crippen molar-refractivity contribution in [1.82, 2.24) is 10.2 Å². The van der Waals surface area contributed by atoms with Crippen LogP contribution in [0.15, 0.2) is 0 Å². The first kappa shape index (κ1) is 12.5. The molecule has 0 spiro atoms. The van der Waals surface area contributed by atoms with Gasteiger partial charge in [-0.25, -0.2) is 0 Å². The summed E-state index contributed by atoms with van der Waals surface area (Å²) in [6, 6.07) is -0.00532. The third kappa shape index (κ3) is 2.69. The molecule has 0 aromatic carbocycles. The Bertz CT molecular complexity index is 219. The molecular weight excluding hydrogens is 192 g/mol. The van der Waals surface area contributed by atoms with Crippen molar-refractivity contribution >= 4 is 5.91 Å². The summed E-state index contributed by atoms with van der Waals surface area (Å²) >= 11 is 0. The van der Waals surface area contributed by atoms with Gasteiger partial charge >= 0.3 is 0 Å². The summed E-state index contributed by atoms with van der Waals surface area (Å²) in [6.45, 7) is 7.58. The first-order chi connectivity index (χ1) is 7.11. The molecule has 1 heterocycles. The molecule has 1 amide bonds. The van der Waals surface area contributed by atoms with Gasteiger partial charge in [0, 0.05) is 13.7 Å². The fraction of sp³-hybridized carbons (Fsp3) is 0.909. The molecule has 1 rings (SSSR count). The van der Waals surface area contributed by atoms with Crippen LogP contribution in [0.5, 0.6) is 0 Å². The van der Waals surface area contributed by atoms with Gasteiger partial charge < -0.3 is 9.64 Å². The van der Waals surface area contributed by atoms with Gasteiger partial charge in [0.05, 0.1) is 18.8 Å². The zero-order valence-electron chi connectivity index (χ0n) is 10.1. The van der Waals surface area contributed by atoms with Crippen molar-refractivity contribution in [2.45, 2.75) is 39.4 Å². The second-order valence-electron chi connectivity index (χ2n) is 4.34. The van der Waals surface area contributed by atoms with Crippen molar-refractivity contribution in [2.24, 2.45) is 5.92 Å². The average Bonchev–Trinajstić information content (AvgIpc) is 2.52. The molecule has 88 valence electrons. The molecule has 1 aliphatic rings. The summed E-state index contributed by atoms with van der Waals surface area (Å²) in [5.41, 5.74) is 0. The Hall–Kier alpha value is -0.610. The molecule has 2 atom stereocenters. The number of rotatable bonds is 5. The predicted octanol–water partition coefficient (Wildman–Crippen LogP) is 0.825. The fourth-order valence-electron chi connectivity index (χ4n) is 1.99. The van der Waals surface area contributed by atoms with E-state index in [1.165, 1.54) is 0 Å². The van der Waals surface area contributed by atoms with E-state index in [4.69, 9.17) is 4.74 Å². The first-order valence-electron chi connectivity index (χ1n) is 5.67. The molecule has 1 saturated heterocycles. The molecule has 0 radical (unpaired) electrons. The van der Waals surface area contributed by atoms with Crippen molar-refractivity contribution < 1.29 is 9.53 Å². The van der Waals surface area contributed by atoms with E-state index < -0.39 is 0 Å².